The predicted octanol–water partition coefficient (Wildman–Crippen LogP) is 1.49. The van der Waals surface area contributed by atoms with Crippen molar-refractivity contribution in [1.29, 1.82) is 0 Å². The molecular formula is C15H20N4O2. The number of nitrogens with two attached hydrogens (primary N) is 1. The standard InChI is InChI=1S/C15H20N4O2/c1-4-19(13-7-12(20)6-5-10(13)2)15(21)14(16)11-8-17-18(3)9-11/h5-9,14,20H,4,16H2,1-3H3. The number of aromatic nitrogens is 2. The molecule has 0 fully saturated rings. The molecule has 1 atom stereocenters. The fourth-order valence-electron chi connectivity index (χ4n) is 2.24. The van der Waals surface area contributed by atoms with Gasteiger partial charge in [0, 0.05) is 31.4 Å². The second kappa shape index (κ2) is 5.97. The summed E-state index contributed by atoms with van der Waals surface area (Å²) in [5.74, 6) is -0.101. The molecule has 1 unspecified atom stereocenters. The van der Waals surface area contributed by atoms with Gasteiger partial charge in [0.05, 0.1) is 11.9 Å². The number of hydrogen-bond acceptors (Lipinski definition) is 4. The molecule has 0 radical (unpaired) electrons. The molecule has 21 heavy (non-hydrogen) atoms. The summed E-state index contributed by atoms with van der Waals surface area (Å²) in [5, 5.41) is 13.7. The second-order valence-electron chi connectivity index (χ2n) is 4.98. The van der Waals surface area contributed by atoms with E-state index in [1.165, 1.54) is 0 Å². The lowest BCUT2D eigenvalue weighted by molar-refractivity contribution is -0.119. The van der Waals surface area contributed by atoms with E-state index < -0.39 is 6.04 Å². The van der Waals surface area contributed by atoms with Crippen molar-refractivity contribution in [2.45, 2.75) is 19.9 Å². The summed E-state index contributed by atoms with van der Waals surface area (Å²) in [6, 6.07) is 4.17. The number of anilines is 1. The highest BCUT2D eigenvalue weighted by Crippen LogP contribution is 2.27. The number of aryl methyl sites for hydroxylation is 2. The monoisotopic (exact) mass is 288 g/mol. The molecule has 0 saturated carbocycles. The van der Waals surface area contributed by atoms with E-state index in [1.807, 2.05) is 13.8 Å². The summed E-state index contributed by atoms with van der Waals surface area (Å²) in [5.41, 5.74) is 8.28. The molecule has 0 aliphatic carbocycles. The Bertz CT molecular complexity index is 651. The SMILES string of the molecule is CCN(C(=O)C(N)c1cnn(C)c1)c1cc(O)ccc1C. The van der Waals surface area contributed by atoms with Gasteiger partial charge >= 0.3 is 0 Å². The third-order valence-corrected chi connectivity index (χ3v) is 3.42. The highest BCUT2D eigenvalue weighted by atomic mass is 16.3. The van der Waals surface area contributed by atoms with Gasteiger partial charge in [0.25, 0.3) is 0 Å². The molecule has 0 saturated heterocycles. The molecule has 1 aromatic carbocycles. The average Bonchev–Trinajstić information content (AvgIpc) is 2.89. The van der Waals surface area contributed by atoms with Crippen LogP contribution in [0.4, 0.5) is 5.69 Å². The van der Waals surface area contributed by atoms with Gasteiger partial charge in [-0.1, -0.05) is 6.07 Å². The summed E-state index contributed by atoms with van der Waals surface area (Å²) in [6.45, 7) is 4.23. The molecule has 6 nitrogen and oxygen atoms in total. The third-order valence-electron chi connectivity index (χ3n) is 3.42. The number of likely N-dealkylation sites (N-methyl/N-ethyl adjacent to an activating group) is 1. The van der Waals surface area contributed by atoms with Crippen LogP contribution in [0.1, 0.15) is 24.1 Å². The number of carbonyl (C=O) groups is 1. The minimum absolute atomic E-state index is 0.122. The first-order valence-electron chi connectivity index (χ1n) is 6.79. The zero-order valence-corrected chi connectivity index (χ0v) is 12.4. The Morgan fingerprint density at radius 2 is 2.24 bits per heavy atom. The Balaban J connectivity index is 2.32. The van der Waals surface area contributed by atoms with Crippen LogP contribution in [0.3, 0.4) is 0 Å². The van der Waals surface area contributed by atoms with E-state index in [9.17, 15) is 9.90 Å². The summed E-state index contributed by atoms with van der Waals surface area (Å²) < 4.78 is 1.61. The van der Waals surface area contributed by atoms with Crippen molar-refractivity contribution in [3.8, 4) is 5.75 Å². The smallest absolute Gasteiger partial charge is 0.248 e. The maximum Gasteiger partial charge on any atom is 0.248 e. The minimum atomic E-state index is -0.777. The van der Waals surface area contributed by atoms with E-state index >= 15 is 0 Å². The van der Waals surface area contributed by atoms with Crippen molar-refractivity contribution in [2.24, 2.45) is 12.8 Å². The first kappa shape index (κ1) is 15.1. The number of carbonyl (C=O) groups excluding carboxylic acids is 1. The van der Waals surface area contributed by atoms with Crippen molar-refractivity contribution >= 4 is 11.6 Å². The molecule has 0 spiro atoms. The summed E-state index contributed by atoms with van der Waals surface area (Å²) in [7, 11) is 1.78. The molecule has 1 amide bonds. The van der Waals surface area contributed by atoms with E-state index in [0.717, 1.165) is 5.56 Å². The molecule has 2 aromatic rings. The van der Waals surface area contributed by atoms with Gasteiger partial charge in [0.1, 0.15) is 11.8 Å². The highest BCUT2D eigenvalue weighted by Gasteiger charge is 2.24. The maximum atomic E-state index is 12.6. The fourth-order valence-corrected chi connectivity index (χ4v) is 2.24. The van der Waals surface area contributed by atoms with Gasteiger partial charge in [-0.3, -0.25) is 9.48 Å². The zero-order valence-electron chi connectivity index (χ0n) is 12.4. The highest BCUT2D eigenvalue weighted by molar-refractivity contribution is 5.98. The predicted molar refractivity (Wildman–Crippen MR) is 81.0 cm³/mol. The summed E-state index contributed by atoms with van der Waals surface area (Å²) >= 11 is 0. The van der Waals surface area contributed by atoms with E-state index in [-0.39, 0.29) is 11.7 Å². The van der Waals surface area contributed by atoms with Gasteiger partial charge in [0.2, 0.25) is 5.91 Å². The normalized spacial score (nSPS) is 12.2. The Kier molecular flexibility index (Phi) is 4.28. The third kappa shape index (κ3) is 3.05. The van der Waals surface area contributed by atoms with Crippen LogP contribution >= 0.6 is 0 Å². The van der Waals surface area contributed by atoms with Crippen molar-refractivity contribution in [2.75, 3.05) is 11.4 Å². The average molecular weight is 288 g/mol. The number of phenolic OH excluding ortho intramolecular Hbond substituents is 1. The molecule has 112 valence electrons. The maximum absolute atomic E-state index is 12.6. The van der Waals surface area contributed by atoms with E-state index in [1.54, 1.807) is 47.2 Å². The topological polar surface area (TPSA) is 84.4 Å². The van der Waals surface area contributed by atoms with Gasteiger partial charge in [0.15, 0.2) is 0 Å². The first-order chi connectivity index (χ1) is 9.93. The molecule has 2 rings (SSSR count). The number of nitrogens with zero attached hydrogens (tertiary/aromatic N) is 3. The summed E-state index contributed by atoms with van der Waals surface area (Å²) in [6.07, 6.45) is 3.32. The molecular weight excluding hydrogens is 268 g/mol. The Morgan fingerprint density at radius 3 is 2.81 bits per heavy atom. The molecule has 3 N–H and O–H groups in total. The van der Waals surface area contributed by atoms with Crippen molar-refractivity contribution < 1.29 is 9.90 Å². The van der Waals surface area contributed by atoms with E-state index in [0.29, 0.717) is 17.8 Å². The van der Waals surface area contributed by atoms with Crippen LogP contribution in [-0.4, -0.2) is 27.3 Å². The fraction of sp³-hybridized carbons (Fsp3) is 0.333. The van der Waals surface area contributed by atoms with Gasteiger partial charge in [-0.15, -0.1) is 0 Å². The number of rotatable bonds is 4. The van der Waals surface area contributed by atoms with Crippen LogP contribution < -0.4 is 10.6 Å². The van der Waals surface area contributed by atoms with Gasteiger partial charge < -0.3 is 15.7 Å². The van der Waals surface area contributed by atoms with Crippen LogP contribution in [0, 0.1) is 6.92 Å². The van der Waals surface area contributed by atoms with Crippen molar-refractivity contribution in [1.82, 2.24) is 9.78 Å². The van der Waals surface area contributed by atoms with Crippen molar-refractivity contribution in [3.63, 3.8) is 0 Å². The van der Waals surface area contributed by atoms with Crippen LogP contribution in [0.5, 0.6) is 5.75 Å². The van der Waals surface area contributed by atoms with Gasteiger partial charge in [-0.05, 0) is 25.5 Å². The van der Waals surface area contributed by atoms with E-state index in [2.05, 4.69) is 5.10 Å². The molecule has 1 heterocycles. The Labute approximate surface area is 123 Å². The lowest BCUT2D eigenvalue weighted by Gasteiger charge is -2.25. The van der Waals surface area contributed by atoms with Crippen LogP contribution in [-0.2, 0) is 11.8 Å². The van der Waals surface area contributed by atoms with Crippen LogP contribution in [0.25, 0.3) is 0 Å². The van der Waals surface area contributed by atoms with Crippen LogP contribution in [0.2, 0.25) is 0 Å². The number of amides is 1. The molecule has 6 heteroatoms. The molecule has 0 aliphatic rings. The lowest BCUT2D eigenvalue weighted by atomic mass is 10.1. The number of benzene rings is 1. The first-order valence-corrected chi connectivity index (χ1v) is 6.79. The number of phenols is 1. The minimum Gasteiger partial charge on any atom is -0.508 e. The molecule has 0 bridgehead atoms. The zero-order chi connectivity index (χ0) is 15.6. The second-order valence-corrected chi connectivity index (χ2v) is 4.98. The largest absolute Gasteiger partial charge is 0.508 e. The van der Waals surface area contributed by atoms with Gasteiger partial charge in [-0.25, -0.2) is 0 Å². The van der Waals surface area contributed by atoms with Crippen molar-refractivity contribution in [3.05, 3.63) is 41.7 Å². The van der Waals surface area contributed by atoms with E-state index in [4.69, 9.17) is 5.73 Å². The Morgan fingerprint density at radius 1 is 1.52 bits per heavy atom. The van der Waals surface area contributed by atoms with Gasteiger partial charge in [-0.2, -0.15) is 5.10 Å². The molecule has 0 aliphatic heterocycles. The number of hydrogen-bond donors (Lipinski definition) is 2. The Hall–Kier alpha value is -2.34. The quantitative estimate of drug-likeness (QED) is 0.892. The summed E-state index contributed by atoms with van der Waals surface area (Å²) in [4.78, 5) is 14.2. The number of aromatic hydroxyl groups is 1. The van der Waals surface area contributed by atoms with Crippen LogP contribution in [0.15, 0.2) is 30.6 Å². The lowest BCUT2D eigenvalue weighted by Crippen LogP contribution is -2.38. The molecule has 1 aromatic heterocycles.